The van der Waals surface area contributed by atoms with Gasteiger partial charge in [-0.25, -0.2) is 13.4 Å². The molecular formula is C25H26N4O4S. The molecule has 0 spiro atoms. The second-order valence-corrected chi connectivity index (χ2v) is 10.3. The molecule has 0 aliphatic carbocycles. The van der Waals surface area contributed by atoms with Gasteiger partial charge in [-0.3, -0.25) is 9.10 Å². The van der Waals surface area contributed by atoms with Gasteiger partial charge in [-0.05, 0) is 55.3 Å². The van der Waals surface area contributed by atoms with Gasteiger partial charge in [0, 0.05) is 24.7 Å². The van der Waals surface area contributed by atoms with E-state index in [4.69, 9.17) is 4.74 Å². The van der Waals surface area contributed by atoms with Gasteiger partial charge >= 0.3 is 0 Å². The highest BCUT2D eigenvalue weighted by Crippen LogP contribution is 2.36. The minimum absolute atomic E-state index is 0.0827. The lowest BCUT2D eigenvalue weighted by molar-refractivity contribution is 0.102. The van der Waals surface area contributed by atoms with E-state index in [1.165, 1.54) is 16.4 Å². The summed E-state index contributed by atoms with van der Waals surface area (Å²) in [4.78, 5) is 19.5. The van der Waals surface area contributed by atoms with Crippen LogP contribution in [0.5, 0.6) is 0 Å². The first kappa shape index (κ1) is 22.4. The van der Waals surface area contributed by atoms with E-state index in [0.717, 1.165) is 24.3 Å². The normalized spacial score (nSPS) is 18.0. The van der Waals surface area contributed by atoms with E-state index in [0.29, 0.717) is 31.1 Å². The van der Waals surface area contributed by atoms with E-state index in [-0.39, 0.29) is 16.5 Å². The number of nitrogens with zero attached hydrogens (tertiary/aromatic N) is 3. The topological polar surface area (TPSA) is 91.8 Å². The molecule has 1 fully saturated rings. The zero-order valence-electron chi connectivity index (χ0n) is 18.8. The van der Waals surface area contributed by atoms with Crippen LogP contribution >= 0.6 is 0 Å². The molecule has 1 N–H and O–H groups in total. The lowest BCUT2D eigenvalue weighted by Gasteiger charge is -2.28. The molecule has 3 aromatic rings. The summed E-state index contributed by atoms with van der Waals surface area (Å²) in [7, 11) is -3.83. The molecule has 3 heterocycles. The standard InChI is InChI=1S/C25H26N4O4S/c1-18-15-19-5-2-3-8-23(19)29(18)34(31,32)22-7-4-6-20(16-22)25(30)27-24-10-9-21(17-26-24)28-11-13-33-14-12-28/h2-10,16-18H,11-15H2,1H3,(H,26,27,30). The van der Waals surface area contributed by atoms with Crippen LogP contribution in [0.3, 0.4) is 0 Å². The minimum Gasteiger partial charge on any atom is -0.378 e. The number of amides is 1. The molecule has 0 bridgehead atoms. The number of anilines is 3. The van der Waals surface area contributed by atoms with Gasteiger partial charge in [-0.1, -0.05) is 24.3 Å². The quantitative estimate of drug-likeness (QED) is 0.605. The van der Waals surface area contributed by atoms with E-state index in [1.54, 1.807) is 24.4 Å². The number of ether oxygens (including phenoxy) is 1. The summed E-state index contributed by atoms with van der Waals surface area (Å²) in [6.45, 7) is 4.85. The lowest BCUT2D eigenvalue weighted by atomic mass is 10.1. The molecule has 176 valence electrons. The van der Waals surface area contributed by atoms with E-state index < -0.39 is 15.9 Å². The second-order valence-electron chi connectivity index (χ2n) is 8.47. The fraction of sp³-hybridized carbons (Fsp3) is 0.280. The van der Waals surface area contributed by atoms with Crippen LogP contribution in [-0.2, 0) is 21.2 Å². The molecule has 1 amide bonds. The molecular weight excluding hydrogens is 452 g/mol. The zero-order valence-corrected chi connectivity index (χ0v) is 19.7. The van der Waals surface area contributed by atoms with E-state index in [9.17, 15) is 13.2 Å². The van der Waals surface area contributed by atoms with Crippen molar-refractivity contribution in [3.05, 3.63) is 78.0 Å². The van der Waals surface area contributed by atoms with Gasteiger partial charge in [0.05, 0.1) is 35.7 Å². The monoisotopic (exact) mass is 478 g/mol. The first-order valence-electron chi connectivity index (χ1n) is 11.3. The summed E-state index contributed by atoms with van der Waals surface area (Å²) in [5.74, 6) is -0.0177. The summed E-state index contributed by atoms with van der Waals surface area (Å²) < 4.78 is 33.8. The van der Waals surface area contributed by atoms with E-state index in [1.807, 2.05) is 37.3 Å². The highest BCUT2D eigenvalue weighted by atomic mass is 32.2. The number of carbonyl (C=O) groups is 1. The van der Waals surface area contributed by atoms with Gasteiger partial charge in [0.15, 0.2) is 0 Å². The molecule has 2 aliphatic heterocycles. The average molecular weight is 479 g/mol. The Morgan fingerprint density at radius 3 is 2.62 bits per heavy atom. The number of morpholine rings is 1. The Hall–Kier alpha value is -3.43. The van der Waals surface area contributed by atoms with Crippen molar-refractivity contribution in [3.8, 4) is 0 Å². The largest absolute Gasteiger partial charge is 0.378 e. The molecule has 1 aromatic heterocycles. The molecule has 8 nitrogen and oxygen atoms in total. The number of hydrogen-bond acceptors (Lipinski definition) is 6. The van der Waals surface area contributed by atoms with Gasteiger partial charge in [0.25, 0.3) is 15.9 Å². The molecule has 2 aliphatic rings. The van der Waals surface area contributed by atoms with Gasteiger partial charge in [0.1, 0.15) is 5.82 Å². The Kier molecular flexibility index (Phi) is 5.97. The Morgan fingerprint density at radius 2 is 1.85 bits per heavy atom. The summed E-state index contributed by atoms with van der Waals surface area (Å²) in [6.07, 6.45) is 2.37. The van der Waals surface area contributed by atoms with Crippen molar-refractivity contribution in [2.75, 3.05) is 40.8 Å². The first-order valence-corrected chi connectivity index (χ1v) is 12.7. The fourth-order valence-corrected chi connectivity index (χ4v) is 6.21. The molecule has 2 aromatic carbocycles. The smallest absolute Gasteiger partial charge is 0.264 e. The Balaban J connectivity index is 1.34. The third kappa shape index (κ3) is 4.24. The summed E-state index contributed by atoms with van der Waals surface area (Å²) in [5.41, 5.74) is 2.91. The van der Waals surface area contributed by atoms with Gasteiger partial charge in [0.2, 0.25) is 0 Å². The van der Waals surface area contributed by atoms with Gasteiger partial charge in [-0.2, -0.15) is 0 Å². The first-order chi connectivity index (χ1) is 16.4. The van der Waals surface area contributed by atoms with Crippen LogP contribution in [0, 0.1) is 0 Å². The Labute approximate surface area is 199 Å². The predicted molar refractivity (Wildman–Crippen MR) is 131 cm³/mol. The minimum atomic E-state index is -3.83. The number of aromatic nitrogens is 1. The summed E-state index contributed by atoms with van der Waals surface area (Å²) in [6, 6.07) is 17.1. The number of sulfonamides is 1. The van der Waals surface area contributed by atoms with E-state index in [2.05, 4.69) is 15.2 Å². The van der Waals surface area contributed by atoms with E-state index >= 15 is 0 Å². The molecule has 0 saturated carbocycles. The number of carbonyl (C=O) groups excluding carboxylic acids is 1. The fourth-order valence-electron chi connectivity index (χ4n) is 4.47. The van der Waals surface area contributed by atoms with Crippen molar-refractivity contribution in [1.82, 2.24) is 4.98 Å². The summed E-state index contributed by atoms with van der Waals surface area (Å²) >= 11 is 0. The second kappa shape index (κ2) is 9.08. The van der Waals surface area contributed by atoms with Crippen molar-refractivity contribution >= 4 is 33.1 Å². The number of pyridine rings is 1. The highest BCUT2D eigenvalue weighted by molar-refractivity contribution is 7.92. The Bertz CT molecular complexity index is 1300. The lowest BCUT2D eigenvalue weighted by Crippen LogP contribution is -2.36. The van der Waals surface area contributed by atoms with Crippen LogP contribution in [0.15, 0.2) is 71.8 Å². The van der Waals surface area contributed by atoms with Gasteiger partial charge in [-0.15, -0.1) is 0 Å². The molecule has 34 heavy (non-hydrogen) atoms. The maximum atomic E-state index is 13.5. The number of hydrogen-bond donors (Lipinski definition) is 1. The van der Waals surface area contributed by atoms with Crippen molar-refractivity contribution in [3.63, 3.8) is 0 Å². The van der Waals surface area contributed by atoms with Crippen LogP contribution in [0.4, 0.5) is 17.2 Å². The van der Waals surface area contributed by atoms with Crippen LogP contribution < -0.4 is 14.5 Å². The third-order valence-electron chi connectivity index (χ3n) is 6.16. The van der Waals surface area contributed by atoms with Crippen LogP contribution in [0.25, 0.3) is 0 Å². The van der Waals surface area contributed by atoms with Crippen molar-refractivity contribution < 1.29 is 17.9 Å². The number of benzene rings is 2. The van der Waals surface area contributed by atoms with Crippen LogP contribution in [0.1, 0.15) is 22.8 Å². The van der Waals surface area contributed by atoms with Crippen LogP contribution in [-0.4, -0.2) is 51.7 Å². The van der Waals surface area contributed by atoms with Gasteiger partial charge < -0.3 is 15.0 Å². The predicted octanol–water partition coefficient (Wildman–Crippen LogP) is 3.31. The zero-order chi connectivity index (χ0) is 23.7. The number of rotatable bonds is 5. The highest BCUT2D eigenvalue weighted by Gasteiger charge is 2.36. The maximum Gasteiger partial charge on any atom is 0.264 e. The average Bonchev–Trinajstić information content (AvgIpc) is 3.21. The SMILES string of the molecule is CC1Cc2ccccc2N1S(=O)(=O)c1cccc(C(=O)Nc2ccc(N3CCOCC3)cn2)c1. The van der Waals surface area contributed by atoms with Crippen molar-refractivity contribution in [2.45, 2.75) is 24.3 Å². The molecule has 0 radical (unpaired) electrons. The molecule has 1 atom stereocenters. The number of fused-ring (bicyclic) bond motifs is 1. The maximum absolute atomic E-state index is 13.5. The van der Waals surface area contributed by atoms with Crippen LogP contribution in [0.2, 0.25) is 0 Å². The number of para-hydroxylation sites is 1. The number of nitrogens with one attached hydrogen (secondary N) is 1. The molecule has 1 unspecified atom stereocenters. The Morgan fingerprint density at radius 1 is 1.06 bits per heavy atom. The molecule has 9 heteroatoms. The van der Waals surface area contributed by atoms with Crippen molar-refractivity contribution in [2.24, 2.45) is 0 Å². The summed E-state index contributed by atoms with van der Waals surface area (Å²) in [5, 5.41) is 2.76. The molecule has 1 saturated heterocycles. The third-order valence-corrected chi connectivity index (χ3v) is 8.09. The van der Waals surface area contributed by atoms with Crippen molar-refractivity contribution in [1.29, 1.82) is 0 Å². The molecule has 5 rings (SSSR count).